The summed E-state index contributed by atoms with van der Waals surface area (Å²) in [5, 5.41) is 8.97. The van der Waals surface area contributed by atoms with Crippen LogP contribution in [0.15, 0.2) is 24.3 Å². The number of carbonyl (C=O) groups is 1. The van der Waals surface area contributed by atoms with Gasteiger partial charge in [-0.3, -0.25) is 4.79 Å². The van der Waals surface area contributed by atoms with Crippen LogP contribution in [0, 0.1) is 18.3 Å². The largest absolute Gasteiger partial charge is 0.354 e. The van der Waals surface area contributed by atoms with Gasteiger partial charge in [0.1, 0.15) is 6.04 Å². The average molecular weight is 257 g/mol. The molecule has 1 aliphatic rings. The van der Waals surface area contributed by atoms with Gasteiger partial charge in [0, 0.05) is 25.3 Å². The summed E-state index contributed by atoms with van der Waals surface area (Å²) in [5.41, 5.74) is 2.20. The van der Waals surface area contributed by atoms with Gasteiger partial charge in [0.05, 0.1) is 12.5 Å². The number of amides is 1. The Bertz CT molecular complexity index is 503. The fourth-order valence-corrected chi connectivity index (χ4v) is 2.68. The predicted molar refractivity (Wildman–Crippen MR) is 74.8 cm³/mol. The van der Waals surface area contributed by atoms with Crippen molar-refractivity contribution >= 4 is 11.6 Å². The Hall–Kier alpha value is -2.02. The summed E-state index contributed by atoms with van der Waals surface area (Å²) < 4.78 is 0. The highest BCUT2D eigenvalue weighted by Gasteiger charge is 2.37. The van der Waals surface area contributed by atoms with Crippen molar-refractivity contribution in [2.45, 2.75) is 32.4 Å². The molecule has 0 bridgehead atoms. The van der Waals surface area contributed by atoms with E-state index in [1.54, 1.807) is 11.9 Å². The van der Waals surface area contributed by atoms with Gasteiger partial charge in [0.2, 0.25) is 5.91 Å². The SMILES string of the molecule is Cc1ccc(N2C(C)CN(C)C(=O)C2CC#N)cc1. The van der Waals surface area contributed by atoms with Gasteiger partial charge in [-0.15, -0.1) is 0 Å². The normalized spacial score (nSPS) is 23.4. The number of piperazine rings is 1. The number of likely N-dealkylation sites (N-methyl/N-ethyl adjacent to an activating group) is 1. The zero-order chi connectivity index (χ0) is 14.0. The van der Waals surface area contributed by atoms with Crippen molar-refractivity contribution in [3.63, 3.8) is 0 Å². The number of nitriles is 1. The molecule has 1 fully saturated rings. The highest BCUT2D eigenvalue weighted by Crippen LogP contribution is 2.26. The van der Waals surface area contributed by atoms with Crippen molar-refractivity contribution in [1.82, 2.24) is 4.90 Å². The van der Waals surface area contributed by atoms with E-state index in [1.807, 2.05) is 31.2 Å². The Kier molecular flexibility index (Phi) is 3.75. The number of hydrogen-bond acceptors (Lipinski definition) is 3. The molecule has 2 rings (SSSR count). The third kappa shape index (κ3) is 2.55. The van der Waals surface area contributed by atoms with Crippen LogP contribution in [0.1, 0.15) is 18.9 Å². The molecule has 0 N–H and O–H groups in total. The molecular formula is C15H19N3O. The zero-order valence-electron chi connectivity index (χ0n) is 11.6. The summed E-state index contributed by atoms with van der Waals surface area (Å²) >= 11 is 0. The second-order valence-electron chi connectivity index (χ2n) is 5.19. The molecule has 4 nitrogen and oxygen atoms in total. The highest BCUT2D eigenvalue weighted by atomic mass is 16.2. The monoisotopic (exact) mass is 257 g/mol. The molecule has 1 amide bonds. The first kappa shape index (κ1) is 13.4. The summed E-state index contributed by atoms with van der Waals surface area (Å²) in [7, 11) is 1.80. The Morgan fingerprint density at radius 1 is 1.37 bits per heavy atom. The van der Waals surface area contributed by atoms with Crippen LogP contribution in [-0.4, -0.2) is 36.5 Å². The minimum atomic E-state index is -0.374. The zero-order valence-corrected chi connectivity index (χ0v) is 11.6. The molecule has 1 heterocycles. The maximum Gasteiger partial charge on any atom is 0.246 e. The van der Waals surface area contributed by atoms with E-state index in [1.165, 1.54) is 5.56 Å². The maximum absolute atomic E-state index is 12.2. The summed E-state index contributed by atoms with van der Waals surface area (Å²) in [6, 6.07) is 10.1. The van der Waals surface area contributed by atoms with E-state index in [-0.39, 0.29) is 24.4 Å². The number of hydrogen-bond donors (Lipinski definition) is 0. The van der Waals surface area contributed by atoms with E-state index in [9.17, 15) is 4.79 Å². The molecule has 0 spiro atoms. The molecule has 0 aromatic heterocycles. The molecule has 19 heavy (non-hydrogen) atoms. The lowest BCUT2D eigenvalue weighted by atomic mass is 10.0. The second kappa shape index (κ2) is 5.31. The fraction of sp³-hybridized carbons (Fsp3) is 0.467. The molecule has 1 saturated heterocycles. The third-order valence-corrected chi connectivity index (χ3v) is 3.63. The van der Waals surface area contributed by atoms with Gasteiger partial charge in [-0.2, -0.15) is 5.26 Å². The van der Waals surface area contributed by atoms with Crippen molar-refractivity contribution < 1.29 is 4.79 Å². The quantitative estimate of drug-likeness (QED) is 0.813. The molecule has 4 heteroatoms. The van der Waals surface area contributed by atoms with Crippen LogP contribution in [0.3, 0.4) is 0 Å². The van der Waals surface area contributed by atoms with Gasteiger partial charge in [-0.25, -0.2) is 0 Å². The number of rotatable bonds is 2. The van der Waals surface area contributed by atoms with E-state index in [0.29, 0.717) is 6.54 Å². The summed E-state index contributed by atoms with van der Waals surface area (Å²) in [6.07, 6.45) is 0.224. The van der Waals surface area contributed by atoms with Crippen LogP contribution in [0.5, 0.6) is 0 Å². The van der Waals surface area contributed by atoms with Crippen molar-refractivity contribution in [1.29, 1.82) is 5.26 Å². The number of benzene rings is 1. The van der Waals surface area contributed by atoms with Crippen LogP contribution in [0.25, 0.3) is 0 Å². The molecule has 100 valence electrons. The van der Waals surface area contributed by atoms with Crippen molar-refractivity contribution in [2.75, 3.05) is 18.5 Å². The van der Waals surface area contributed by atoms with Gasteiger partial charge in [-0.05, 0) is 26.0 Å². The lowest BCUT2D eigenvalue weighted by molar-refractivity contribution is -0.133. The van der Waals surface area contributed by atoms with Gasteiger partial charge in [0.15, 0.2) is 0 Å². The Balaban J connectivity index is 2.36. The van der Waals surface area contributed by atoms with E-state index in [4.69, 9.17) is 5.26 Å². The third-order valence-electron chi connectivity index (χ3n) is 3.63. The summed E-state index contributed by atoms with van der Waals surface area (Å²) in [5.74, 6) is 0.0280. The molecule has 1 aromatic carbocycles. The van der Waals surface area contributed by atoms with E-state index in [2.05, 4.69) is 17.9 Å². The van der Waals surface area contributed by atoms with Crippen LogP contribution in [-0.2, 0) is 4.79 Å². The minimum absolute atomic E-state index is 0.0280. The van der Waals surface area contributed by atoms with Gasteiger partial charge in [-0.1, -0.05) is 17.7 Å². The average Bonchev–Trinajstić information content (AvgIpc) is 2.38. The van der Waals surface area contributed by atoms with Gasteiger partial charge < -0.3 is 9.80 Å². The van der Waals surface area contributed by atoms with Crippen molar-refractivity contribution in [2.24, 2.45) is 0 Å². The minimum Gasteiger partial charge on any atom is -0.354 e. The molecule has 2 atom stereocenters. The standard InChI is InChI=1S/C15H19N3O/c1-11-4-6-13(7-5-11)18-12(2)10-17(3)15(19)14(18)8-9-16/h4-7,12,14H,8,10H2,1-3H3. The van der Waals surface area contributed by atoms with Crippen LogP contribution < -0.4 is 4.90 Å². The second-order valence-corrected chi connectivity index (χ2v) is 5.19. The Labute approximate surface area is 114 Å². The number of nitrogens with zero attached hydrogens (tertiary/aromatic N) is 3. The fourth-order valence-electron chi connectivity index (χ4n) is 2.68. The molecule has 0 saturated carbocycles. The van der Waals surface area contributed by atoms with E-state index in [0.717, 1.165) is 5.69 Å². The molecule has 0 radical (unpaired) electrons. The van der Waals surface area contributed by atoms with Crippen molar-refractivity contribution in [3.8, 4) is 6.07 Å². The van der Waals surface area contributed by atoms with E-state index < -0.39 is 0 Å². The first-order valence-electron chi connectivity index (χ1n) is 6.51. The molecule has 2 unspecified atom stereocenters. The summed E-state index contributed by atoms with van der Waals surface area (Å²) in [4.78, 5) is 16.0. The van der Waals surface area contributed by atoms with Crippen molar-refractivity contribution in [3.05, 3.63) is 29.8 Å². The number of aryl methyl sites for hydroxylation is 1. The molecule has 0 aliphatic carbocycles. The van der Waals surface area contributed by atoms with Crippen LogP contribution in [0.4, 0.5) is 5.69 Å². The highest BCUT2D eigenvalue weighted by molar-refractivity contribution is 5.87. The first-order chi connectivity index (χ1) is 9.04. The Morgan fingerprint density at radius 3 is 2.58 bits per heavy atom. The molecule has 1 aromatic rings. The van der Waals surface area contributed by atoms with Crippen LogP contribution >= 0.6 is 0 Å². The van der Waals surface area contributed by atoms with Gasteiger partial charge >= 0.3 is 0 Å². The lowest BCUT2D eigenvalue weighted by Gasteiger charge is -2.44. The topological polar surface area (TPSA) is 47.3 Å². The molecule has 1 aliphatic heterocycles. The number of anilines is 1. The maximum atomic E-state index is 12.2. The summed E-state index contributed by atoms with van der Waals surface area (Å²) in [6.45, 7) is 4.82. The smallest absolute Gasteiger partial charge is 0.246 e. The van der Waals surface area contributed by atoms with Gasteiger partial charge in [0.25, 0.3) is 0 Å². The van der Waals surface area contributed by atoms with E-state index >= 15 is 0 Å². The lowest BCUT2D eigenvalue weighted by Crippen LogP contribution is -2.60. The number of carbonyl (C=O) groups excluding carboxylic acids is 1. The predicted octanol–water partition coefficient (Wildman–Crippen LogP) is 1.94. The Morgan fingerprint density at radius 2 is 2.00 bits per heavy atom. The van der Waals surface area contributed by atoms with Crippen LogP contribution in [0.2, 0.25) is 0 Å². The molecular weight excluding hydrogens is 238 g/mol. The first-order valence-corrected chi connectivity index (χ1v) is 6.51.